The maximum Gasteiger partial charge on any atom is 0.315 e. The van der Waals surface area contributed by atoms with Gasteiger partial charge in [-0.3, -0.25) is 9.69 Å². The van der Waals surface area contributed by atoms with Gasteiger partial charge in [-0.1, -0.05) is 42.7 Å². The first-order valence-corrected chi connectivity index (χ1v) is 10.7. The lowest BCUT2D eigenvalue weighted by atomic mass is 10.0. The molecule has 1 heterocycles. The minimum atomic E-state index is -0.161. The molecule has 3 N–H and O–H groups in total. The summed E-state index contributed by atoms with van der Waals surface area (Å²) in [7, 11) is 0. The number of nitrogens with zero attached hydrogens (tertiary/aromatic N) is 1. The summed E-state index contributed by atoms with van der Waals surface area (Å²) >= 11 is 0. The van der Waals surface area contributed by atoms with E-state index in [2.05, 4.69) is 52.0 Å². The van der Waals surface area contributed by atoms with E-state index in [1.165, 1.54) is 24.0 Å². The van der Waals surface area contributed by atoms with Crippen molar-refractivity contribution in [2.24, 2.45) is 0 Å². The van der Waals surface area contributed by atoms with Gasteiger partial charge in [-0.15, -0.1) is 0 Å². The maximum absolute atomic E-state index is 12.1. The van der Waals surface area contributed by atoms with Crippen LogP contribution in [-0.4, -0.2) is 48.6 Å². The van der Waals surface area contributed by atoms with Gasteiger partial charge in [0.25, 0.3) is 0 Å². The van der Waals surface area contributed by atoms with Crippen LogP contribution in [0.4, 0.5) is 4.79 Å². The Morgan fingerprint density at radius 2 is 1.75 bits per heavy atom. The van der Waals surface area contributed by atoms with E-state index in [4.69, 9.17) is 0 Å². The number of benzene rings is 1. The largest absolute Gasteiger partial charge is 0.353 e. The Morgan fingerprint density at radius 1 is 1.04 bits per heavy atom. The van der Waals surface area contributed by atoms with Gasteiger partial charge < -0.3 is 16.0 Å². The van der Waals surface area contributed by atoms with Crippen molar-refractivity contribution in [3.8, 4) is 0 Å². The van der Waals surface area contributed by atoms with Gasteiger partial charge in [0.1, 0.15) is 0 Å². The summed E-state index contributed by atoms with van der Waals surface area (Å²) in [6, 6.07) is 9.03. The van der Waals surface area contributed by atoms with Crippen molar-refractivity contribution < 1.29 is 9.59 Å². The van der Waals surface area contributed by atoms with Gasteiger partial charge in [-0.25, -0.2) is 4.79 Å². The van der Waals surface area contributed by atoms with Crippen LogP contribution in [0.5, 0.6) is 0 Å². The fourth-order valence-corrected chi connectivity index (χ4v) is 4.20. The van der Waals surface area contributed by atoms with E-state index in [1.807, 2.05) is 0 Å². The minimum absolute atomic E-state index is 0.0386. The summed E-state index contributed by atoms with van der Waals surface area (Å²) in [5, 5.41) is 8.92. The smallest absolute Gasteiger partial charge is 0.315 e. The van der Waals surface area contributed by atoms with Gasteiger partial charge in [0.2, 0.25) is 5.91 Å². The molecule has 6 heteroatoms. The summed E-state index contributed by atoms with van der Waals surface area (Å²) in [4.78, 5) is 26.4. The molecule has 0 bridgehead atoms. The van der Waals surface area contributed by atoms with Crippen LogP contribution in [-0.2, 0) is 11.3 Å². The third-order valence-electron chi connectivity index (χ3n) is 5.77. The van der Waals surface area contributed by atoms with Gasteiger partial charge in [0.05, 0.1) is 0 Å². The molecule has 0 aromatic heterocycles. The second-order valence-corrected chi connectivity index (χ2v) is 8.24. The molecule has 2 aliphatic rings. The summed E-state index contributed by atoms with van der Waals surface area (Å²) in [6.07, 6.45) is 6.84. The number of nitrogens with one attached hydrogen (secondary N) is 3. The Morgan fingerprint density at radius 3 is 2.46 bits per heavy atom. The number of likely N-dealkylation sites (tertiary alicyclic amines) is 1. The van der Waals surface area contributed by atoms with Gasteiger partial charge in [0, 0.05) is 44.7 Å². The molecular formula is C22H34N4O2. The molecule has 1 aromatic rings. The molecule has 0 spiro atoms. The molecule has 1 aromatic carbocycles. The van der Waals surface area contributed by atoms with E-state index in [0.717, 1.165) is 45.3 Å². The van der Waals surface area contributed by atoms with E-state index in [9.17, 15) is 9.59 Å². The fourth-order valence-electron chi connectivity index (χ4n) is 4.20. The number of urea groups is 1. The van der Waals surface area contributed by atoms with E-state index in [0.29, 0.717) is 19.0 Å². The Kier molecular flexibility index (Phi) is 7.71. The maximum atomic E-state index is 12.1. The normalized spacial score (nSPS) is 18.8. The summed E-state index contributed by atoms with van der Waals surface area (Å²) in [5.74, 6) is 0.0386. The molecule has 154 valence electrons. The zero-order chi connectivity index (χ0) is 19.8. The van der Waals surface area contributed by atoms with Crippen LogP contribution < -0.4 is 16.0 Å². The number of piperidine rings is 1. The summed E-state index contributed by atoms with van der Waals surface area (Å²) in [5.41, 5.74) is 2.64. The van der Waals surface area contributed by atoms with Gasteiger partial charge in [0.15, 0.2) is 0 Å². The summed E-state index contributed by atoms with van der Waals surface area (Å²) in [6.45, 7) is 5.45. The number of hydrogen-bond acceptors (Lipinski definition) is 3. The van der Waals surface area contributed by atoms with E-state index >= 15 is 0 Å². The van der Waals surface area contributed by atoms with Crippen molar-refractivity contribution in [1.29, 1.82) is 0 Å². The molecule has 1 aliphatic carbocycles. The van der Waals surface area contributed by atoms with Crippen LogP contribution in [0.25, 0.3) is 0 Å². The lowest BCUT2D eigenvalue weighted by molar-refractivity contribution is -0.121. The average Bonchev–Trinajstić information content (AvgIpc) is 3.16. The molecule has 1 saturated heterocycles. The Hall–Kier alpha value is -2.08. The highest BCUT2D eigenvalue weighted by Crippen LogP contribution is 2.17. The van der Waals surface area contributed by atoms with Crippen molar-refractivity contribution in [3.05, 3.63) is 35.4 Å². The van der Waals surface area contributed by atoms with Crippen LogP contribution in [0.2, 0.25) is 0 Å². The standard InChI is InChI=1S/C22H34N4O2/c1-17-5-4-6-18(15-17)16-26-13-10-20(11-14-26)25-22(28)23-12-9-21(27)24-19-7-2-3-8-19/h4-6,15,19-20H,2-3,7-14,16H2,1H3,(H,24,27)(H2,23,25,28). The van der Waals surface area contributed by atoms with E-state index < -0.39 is 0 Å². The van der Waals surface area contributed by atoms with Crippen molar-refractivity contribution in [2.75, 3.05) is 19.6 Å². The molecule has 3 amide bonds. The Bertz CT molecular complexity index is 650. The molecule has 0 atom stereocenters. The van der Waals surface area contributed by atoms with Gasteiger partial charge >= 0.3 is 6.03 Å². The lowest BCUT2D eigenvalue weighted by Gasteiger charge is -2.32. The van der Waals surface area contributed by atoms with Gasteiger partial charge in [-0.05, 0) is 38.2 Å². The molecule has 0 unspecified atom stereocenters. The van der Waals surface area contributed by atoms with E-state index in [-0.39, 0.29) is 18.0 Å². The number of carbonyl (C=O) groups is 2. The monoisotopic (exact) mass is 386 g/mol. The number of aryl methyl sites for hydroxylation is 1. The topological polar surface area (TPSA) is 73.5 Å². The molecular weight excluding hydrogens is 352 g/mol. The second kappa shape index (κ2) is 10.5. The predicted molar refractivity (Wildman–Crippen MR) is 111 cm³/mol. The molecule has 2 fully saturated rings. The highest BCUT2D eigenvalue weighted by molar-refractivity contribution is 5.78. The SMILES string of the molecule is Cc1cccc(CN2CCC(NC(=O)NCCC(=O)NC3CCCC3)CC2)c1. The summed E-state index contributed by atoms with van der Waals surface area (Å²) < 4.78 is 0. The zero-order valence-electron chi connectivity index (χ0n) is 17.0. The number of hydrogen-bond donors (Lipinski definition) is 3. The first-order valence-electron chi connectivity index (χ1n) is 10.7. The molecule has 1 aliphatic heterocycles. The van der Waals surface area contributed by atoms with Crippen molar-refractivity contribution >= 4 is 11.9 Å². The predicted octanol–water partition coefficient (Wildman–Crippen LogP) is 2.71. The molecule has 28 heavy (non-hydrogen) atoms. The van der Waals surface area contributed by atoms with Crippen LogP contribution in [0.1, 0.15) is 56.1 Å². The molecule has 3 rings (SSSR count). The third-order valence-corrected chi connectivity index (χ3v) is 5.77. The van der Waals surface area contributed by atoms with Crippen molar-refractivity contribution in [2.45, 2.75) is 70.5 Å². The first kappa shape index (κ1) is 20.6. The van der Waals surface area contributed by atoms with Crippen LogP contribution in [0.3, 0.4) is 0 Å². The Balaban J connectivity index is 1.27. The number of rotatable bonds is 7. The lowest BCUT2D eigenvalue weighted by Crippen LogP contribution is -2.48. The number of carbonyl (C=O) groups excluding carboxylic acids is 2. The number of amides is 3. The van der Waals surface area contributed by atoms with Crippen LogP contribution >= 0.6 is 0 Å². The fraction of sp³-hybridized carbons (Fsp3) is 0.636. The first-order chi connectivity index (χ1) is 13.6. The second-order valence-electron chi connectivity index (χ2n) is 8.24. The highest BCUT2D eigenvalue weighted by Gasteiger charge is 2.21. The van der Waals surface area contributed by atoms with Crippen LogP contribution in [0, 0.1) is 6.92 Å². The molecule has 6 nitrogen and oxygen atoms in total. The third kappa shape index (κ3) is 6.82. The van der Waals surface area contributed by atoms with Crippen LogP contribution in [0.15, 0.2) is 24.3 Å². The average molecular weight is 387 g/mol. The highest BCUT2D eigenvalue weighted by atomic mass is 16.2. The minimum Gasteiger partial charge on any atom is -0.353 e. The van der Waals surface area contributed by atoms with E-state index in [1.54, 1.807) is 0 Å². The quantitative estimate of drug-likeness (QED) is 0.675. The van der Waals surface area contributed by atoms with Crippen molar-refractivity contribution in [3.63, 3.8) is 0 Å². The van der Waals surface area contributed by atoms with Gasteiger partial charge in [-0.2, -0.15) is 0 Å². The zero-order valence-corrected chi connectivity index (χ0v) is 17.0. The molecule has 0 radical (unpaired) electrons. The molecule has 1 saturated carbocycles. The Labute approximate surface area is 168 Å². The van der Waals surface area contributed by atoms with Crippen molar-refractivity contribution in [1.82, 2.24) is 20.9 Å².